The monoisotopic (exact) mass is 139 g/mol. The van der Waals surface area contributed by atoms with Gasteiger partial charge in [0.25, 0.3) is 0 Å². The molecule has 2 heteroatoms. The number of hydrogen-bond acceptors (Lipinski definition) is 2. The first-order valence-electron chi connectivity index (χ1n) is 3.01. The molecule has 0 amide bonds. The van der Waals surface area contributed by atoms with Gasteiger partial charge in [0.15, 0.2) is 0 Å². The van der Waals surface area contributed by atoms with Crippen molar-refractivity contribution in [2.45, 2.75) is 6.92 Å². The maximum Gasteiger partial charge on any atom is 0.108 e. The summed E-state index contributed by atoms with van der Waals surface area (Å²) in [6, 6.07) is 0. The Balaban J connectivity index is 4.19. The first kappa shape index (κ1) is 8.82. The average molecular weight is 139 g/mol. The lowest BCUT2D eigenvalue weighted by atomic mass is 10.2. The number of aliphatic hydroxyl groups is 1. The topological polar surface area (TPSA) is 32.3 Å². The lowest BCUT2D eigenvalue weighted by Gasteiger charge is -2.03. The first-order valence-corrected chi connectivity index (χ1v) is 3.01. The average Bonchev–Trinajstić information content (AvgIpc) is 1.85. The molecule has 0 aromatic rings. The van der Waals surface area contributed by atoms with E-state index in [0.29, 0.717) is 0 Å². The fraction of sp³-hybridized carbons (Fsp3) is 0.250. The molecule has 0 aliphatic rings. The Hall–Kier alpha value is -1.18. The standard InChI is InChI=1S/C8H13NO/c1-6(5-7(2)10)8(3)9-4/h5,9-10H,2-3H2,1,4H3/b6-5+. The van der Waals surface area contributed by atoms with Crippen molar-refractivity contribution in [3.05, 3.63) is 36.3 Å². The molecule has 0 radical (unpaired) electrons. The highest BCUT2D eigenvalue weighted by molar-refractivity contribution is 5.29. The Bertz CT molecular complexity index is 180. The molecular formula is C8H13NO. The normalized spacial score (nSPS) is 10.8. The van der Waals surface area contributed by atoms with E-state index in [1.165, 1.54) is 0 Å². The van der Waals surface area contributed by atoms with Gasteiger partial charge in [-0.2, -0.15) is 0 Å². The summed E-state index contributed by atoms with van der Waals surface area (Å²) in [4.78, 5) is 0. The van der Waals surface area contributed by atoms with Gasteiger partial charge in [-0.1, -0.05) is 13.2 Å². The Labute approximate surface area is 61.6 Å². The lowest BCUT2D eigenvalue weighted by molar-refractivity contribution is 0.434. The van der Waals surface area contributed by atoms with Crippen LogP contribution in [0.1, 0.15) is 6.92 Å². The van der Waals surface area contributed by atoms with E-state index in [4.69, 9.17) is 5.11 Å². The van der Waals surface area contributed by atoms with Crippen LogP contribution in [0.5, 0.6) is 0 Å². The summed E-state index contributed by atoms with van der Waals surface area (Å²) in [6.45, 7) is 8.86. The second-order valence-electron chi connectivity index (χ2n) is 2.05. The van der Waals surface area contributed by atoms with Crippen LogP contribution < -0.4 is 5.32 Å². The number of allylic oxidation sites excluding steroid dienone is 2. The lowest BCUT2D eigenvalue weighted by Crippen LogP contribution is -2.04. The van der Waals surface area contributed by atoms with E-state index in [-0.39, 0.29) is 5.76 Å². The van der Waals surface area contributed by atoms with Crippen LogP contribution in [-0.2, 0) is 0 Å². The molecule has 0 bridgehead atoms. The minimum absolute atomic E-state index is 0.0499. The summed E-state index contributed by atoms with van der Waals surface area (Å²) in [5.74, 6) is 0.0499. The molecule has 0 fully saturated rings. The second-order valence-corrected chi connectivity index (χ2v) is 2.05. The van der Waals surface area contributed by atoms with Crippen LogP contribution in [0, 0.1) is 0 Å². The zero-order valence-electron chi connectivity index (χ0n) is 6.44. The zero-order chi connectivity index (χ0) is 8.15. The van der Waals surface area contributed by atoms with Gasteiger partial charge in [0.1, 0.15) is 5.76 Å². The summed E-state index contributed by atoms with van der Waals surface area (Å²) in [7, 11) is 1.78. The predicted molar refractivity (Wildman–Crippen MR) is 43.7 cm³/mol. The molecule has 0 saturated carbocycles. The maximum atomic E-state index is 8.73. The summed E-state index contributed by atoms with van der Waals surface area (Å²) in [5.41, 5.74) is 1.67. The summed E-state index contributed by atoms with van der Waals surface area (Å²) < 4.78 is 0. The fourth-order valence-electron chi connectivity index (χ4n) is 0.534. The van der Waals surface area contributed by atoms with E-state index in [1.54, 1.807) is 13.1 Å². The molecule has 0 saturated heterocycles. The van der Waals surface area contributed by atoms with Crippen molar-refractivity contribution in [1.82, 2.24) is 5.32 Å². The maximum absolute atomic E-state index is 8.73. The third kappa shape index (κ3) is 2.97. The minimum Gasteiger partial charge on any atom is -0.509 e. The van der Waals surface area contributed by atoms with Gasteiger partial charge in [0.05, 0.1) is 0 Å². The van der Waals surface area contributed by atoms with Gasteiger partial charge in [-0.3, -0.25) is 0 Å². The van der Waals surface area contributed by atoms with Gasteiger partial charge in [-0.15, -0.1) is 0 Å². The van der Waals surface area contributed by atoms with E-state index in [1.807, 2.05) is 6.92 Å². The third-order valence-electron chi connectivity index (χ3n) is 1.16. The van der Waals surface area contributed by atoms with E-state index < -0.39 is 0 Å². The minimum atomic E-state index is 0.0499. The highest BCUT2D eigenvalue weighted by Crippen LogP contribution is 2.03. The highest BCUT2D eigenvalue weighted by atomic mass is 16.3. The van der Waals surface area contributed by atoms with Crippen LogP contribution >= 0.6 is 0 Å². The second kappa shape index (κ2) is 3.77. The molecule has 2 N–H and O–H groups in total. The van der Waals surface area contributed by atoms with E-state index in [2.05, 4.69) is 18.5 Å². The van der Waals surface area contributed by atoms with Gasteiger partial charge >= 0.3 is 0 Å². The molecule has 0 unspecified atom stereocenters. The van der Waals surface area contributed by atoms with Gasteiger partial charge in [0, 0.05) is 12.7 Å². The summed E-state index contributed by atoms with van der Waals surface area (Å²) in [5, 5.41) is 11.6. The van der Waals surface area contributed by atoms with Crippen molar-refractivity contribution >= 4 is 0 Å². The molecule has 0 rings (SSSR count). The first-order chi connectivity index (χ1) is 4.57. The quantitative estimate of drug-likeness (QED) is 0.461. The van der Waals surface area contributed by atoms with Crippen molar-refractivity contribution in [2.24, 2.45) is 0 Å². The molecule has 0 aliphatic carbocycles. The number of aliphatic hydroxyl groups excluding tert-OH is 1. The largest absolute Gasteiger partial charge is 0.509 e. The molecule has 2 nitrogen and oxygen atoms in total. The molecule has 56 valence electrons. The molecule has 0 heterocycles. The Morgan fingerprint density at radius 2 is 2.00 bits per heavy atom. The molecule has 0 aromatic carbocycles. The molecule has 0 spiro atoms. The molecule has 10 heavy (non-hydrogen) atoms. The van der Waals surface area contributed by atoms with Crippen LogP contribution in [-0.4, -0.2) is 12.2 Å². The van der Waals surface area contributed by atoms with Gasteiger partial charge < -0.3 is 10.4 Å². The number of rotatable bonds is 3. The van der Waals surface area contributed by atoms with Crippen molar-refractivity contribution in [3.8, 4) is 0 Å². The molecule has 0 atom stereocenters. The van der Waals surface area contributed by atoms with Gasteiger partial charge in [-0.05, 0) is 18.6 Å². The number of likely N-dealkylation sites (N-methyl/N-ethyl adjacent to an activating group) is 1. The fourth-order valence-corrected chi connectivity index (χ4v) is 0.534. The smallest absolute Gasteiger partial charge is 0.108 e. The van der Waals surface area contributed by atoms with Gasteiger partial charge in [0.2, 0.25) is 0 Å². The Morgan fingerprint density at radius 1 is 1.50 bits per heavy atom. The predicted octanol–water partition coefficient (Wildman–Crippen LogP) is 1.74. The summed E-state index contributed by atoms with van der Waals surface area (Å²) >= 11 is 0. The number of hydrogen-bond donors (Lipinski definition) is 2. The van der Waals surface area contributed by atoms with Crippen molar-refractivity contribution in [3.63, 3.8) is 0 Å². The Kier molecular flexibility index (Phi) is 3.33. The van der Waals surface area contributed by atoms with Crippen LogP contribution in [0.3, 0.4) is 0 Å². The van der Waals surface area contributed by atoms with E-state index in [9.17, 15) is 0 Å². The van der Waals surface area contributed by atoms with Crippen LogP contribution in [0.15, 0.2) is 36.3 Å². The Morgan fingerprint density at radius 3 is 2.30 bits per heavy atom. The highest BCUT2D eigenvalue weighted by Gasteiger charge is 1.91. The molecule has 0 aromatic heterocycles. The SMILES string of the molecule is C=C(O)/C=C(\C)C(=C)NC. The van der Waals surface area contributed by atoms with Crippen LogP contribution in [0.4, 0.5) is 0 Å². The van der Waals surface area contributed by atoms with Crippen molar-refractivity contribution < 1.29 is 5.11 Å². The molecular weight excluding hydrogens is 126 g/mol. The van der Waals surface area contributed by atoms with Crippen molar-refractivity contribution in [1.29, 1.82) is 0 Å². The van der Waals surface area contributed by atoms with Crippen molar-refractivity contribution in [2.75, 3.05) is 7.05 Å². The van der Waals surface area contributed by atoms with E-state index >= 15 is 0 Å². The van der Waals surface area contributed by atoms with E-state index in [0.717, 1.165) is 11.3 Å². The van der Waals surface area contributed by atoms with Gasteiger partial charge in [-0.25, -0.2) is 0 Å². The van der Waals surface area contributed by atoms with Crippen LogP contribution in [0.2, 0.25) is 0 Å². The summed E-state index contributed by atoms with van der Waals surface area (Å²) in [6.07, 6.45) is 1.55. The third-order valence-corrected chi connectivity index (χ3v) is 1.16. The number of nitrogens with one attached hydrogen (secondary N) is 1. The zero-order valence-corrected chi connectivity index (χ0v) is 6.44. The van der Waals surface area contributed by atoms with Crippen LogP contribution in [0.25, 0.3) is 0 Å². The molecule has 0 aliphatic heterocycles.